The Morgan fingerprint density at radius 2 is 0.541 bits per heavy atom. The second-order valence-corrected chi connectivity index (χ2v) is 22.9. The van der Waals surface area contributed by atoms with E-state index in [1.165, 1.54) is 302 Å². The Hall–Kier alpha value is -1.88. The van der Waals surface area contributed by atoms with Crippen molar-refractivity contribution in [3.05, 3.63) is 36.5 Å². The maximum Gasteiger partial charge on any atom is 0.306 e. The van der Waals surface area contributed by atoms with Crippen molar-refractivity contribution < 1.29 is 24.2 Å². The van der Waals surface area contributed by atoms with E-state index in [2.05, 4.69) is 50.3 Å². The van der Waals surface area contributed by atoms with Gasteiger partial charge in [-0.2, -0.15) is 0 Å². The first-order valence-corrected chi connectivity index (χ1v) is 33.5. The van der Waals surface area contributed by atoms with E-state index in [4.69, 9.17) is 9.47 Å². The van der Waals surface area contributed by atoms with E-state index in [1.54, 1.807) is 0 Å². The first-order valence-electron chi connectivity index (χ1n) is 33.5. The summed E-state index contributed by atoms with van der Waals surface area (Å²) in [7, 11) is 0. The Labute approximate surface area is 463 Å². The number of hydrogen-bond donors (Lipinski definition) is 1. The van der Waals surface area contributed by atoms with Crippen molar-refractivity contribution in [2.45, 2.75) is 380 Å². The van der Waals surface area contributed by atoms with Crippen LogP contribution in [0, 0.1) is 0 Å². The summed E-state index contributed by atoms with van der Waals surface area (Å²) in [6.07, 6.45) is 86.0. The Morgan fingerprint density at radius 3 is 0.811 bits per heavy atom. The van der Waals surface area contributed by atoms with E-state index in [0.717, 1.165) is 44.9 Å². The van der Waals surface area contributed by atoms with Gasteiger partial charge in [0, 0.05) is 12.8 Å². The van der Waals surface area contributed by atoms with Crippen LogP contribution in [-0.4, -0.2) is 36.4 Å². The summed E-state index contributed by atoms with van der Waals surface area (Å²) < 4.78 is 10.7. The molecular weight excluding hydrogens is 909 g/mol. The van der Waals surface area contributed by atoms with E-state index >= 15 is 0 Å². The molecule has 0 heterocycles. The topological polar surface area (TPSA) is 72.8 Å². The predicted octanol–water partition coefficient (Wildman–Crippen LogP) is 23.0. The summed E-state index contributed by atoms with van der Waals surface area (Å²) in [5.74, 6) is -0.569. The van der Waals surface area contributed by atoms with Crippen LogP contribution in [0.3, 0.4) is 0 Å². The van der Waals surface area contributed by atoms with Gasteiger partial charge in [-0.1, -0.05) is 326 Å². The summed E-state index contributed by atoms with van der Waals surface area (Å²) in [6.45, 7) is 4.18. The number of ether oxygens (including phenoxy) is 2. The van der Waals surface area contributed by atoms with Crippen LogP contribution in [0.5, 0.6) is 0 Å². The van der Waals surface area contributed by atoms with Crippen molar-refractivity contribution in [1.29, 1.82) is 0 Å². The number of aliphatic hydroxyl groups is 1. The molecule has 1 N–H and O–H groups in total. The number of allylic oxidation sites excluding steroid dienone is 6. The highest BCUT2D eigenvalue weighted by Gasteiger charge is 2.16. The molecule has 1 unspecified atom stereocenters. The molecule has 0 aliphatic carbocycles. The molecular formula is C69H130O5. The van der Waals surface area contributed by atoms with E-state index < -0.39 is 6.10 Å². The Morgan fingerprint density at radius 1 is 0.311 bits per heavy atom. The van der Waals surface area contributed by atoms with Gasteiger partial charge in [0.1, 0.15) is 6.61 Å². The van der Waals surface area contributed by atoms with Crippen LogP contribution in [0.4, 0.5) is 0 Å². The van der Waals surface area contributed by atoms with Crippen LogP contribution in [0.2, 0.25) is 0 Å². The quantitative estimate of drug-likeness (QED) is 0.0373. The average Bonchev–Trinajstić information content (AvgIpc) is 3.40. The van der Waals surface area contributed by atoms with E-state index in [-0.39, 0.29) is 25.2 Å². The van der Waals surface area contributed by atoms with Gasteiger partial charge in [0.15, 0.2) is 6.10 Å². The zero-order chi connectivity index (χ0) is 53.4. The molecule has 5 heteroatoms. The lowest BCUT2D eigenvalue weighted by Gasteiger charge is -2.15. The highest BCUT2D eigenvalue weighted by molar-refractivity contribution is 5.70. The van der Waals surface area contributed by atoms with Crippen LogP contribution in [0.15, 0.2) is 36.5 Å². The molecule has 0 spiro atoms. The third kappa shape index (κ3) is 62.7. The first-order chi connectivity index (χ1) is 36.6. The molecule has 0 aliphatic heterocycles. The smallest absolute Gasteiger partial charge is 0.306 e. The maximum absolute atomic E-state index is 12.3. The van der Waals surface area contributed by atoms with Gasteiger partial charge >= 0.3 is 11.9 Å². The summed E-state index contributed by atoms with van der Waals surface area (Å²) in [5, 5.41) is 9.68. The van der Waals surface area contributed by atoms with Gasteiger partial charge in [-0.25, -0.2) is 0 Å². The molecule has 0 saturated heterocycles. The number of unbranched alkanes of at least 4 members (excludes halogenated alkanes) is 49. The Balaban J connectivity index is 3.38. The number of hydrogen-bond acceptors (Lipinski definition) is 5. The van der Waals surface area contributed by atoms with Crippen molar-refractivity contribution in [2.75, 3.05) is 13.2 Å². The van der Waals surface area contributed by atoms with Crippen molar-refractivity contribution in [3.63, 3.8) is 0 Å². The maximum atomic E-state index is 12.3. The number of carbonyl (C=O) groups excluding carboxylic acids is 2. The normalized spacial score (nSPS) is 12.3. The third-order valence-electron chi connectivity index (χ3n) is 15.4. The van der Waals surface area contributed by atoms with Crippen LogP contribution in [0.25, 0.3) is 0 Å². The van der Waals surface area contributed by atoms with Crippen molar-refractivity contribution >= 4 is 11.9 Å². The SMILES string of the molecule is CCCCCCC/C=C\C/C=C\CCCCCCCCCCCCCCCCCCCCCCCCCCCC(=O)OC(CO)COC(=O)CCCCCCCCCCCCC/C=C\CCCCCCCCCC. The van der Waals surface area contributed by atoms with Gasteiger partial charge in [0.25, 0.3) is 0 Å². The van der Waals surface area contributed by atoms with Gasteiger partial charge < -0.3 is 14.6 Å². The number of esters is 2. The molecule has 0 rings (SSSR count). The van der Waals surface area contributed by atoms with Gasteiger partial charge in [-0.05, 0) is 70.6 Å². The highest BCUT2D eigenvalue weighted by atomic mass is 16.6. The second kappa shape index (κ2) is 65.4. The highest BCUT2D eigenvalue weighted by Crippen LogP contribution is 2.18. The summed E-state index contributed by atoms with van der Waals surface area (Å²) in [5.41, 5.74) is 0. The third-order valence-corrected chi connectivity index (χ3v) is 15.4. The Kier molecular flexibility index (Phi) is 63.7. The molecule has 0 aliphatic rings. The van der Waals surface area contributed by atoms with Gasteiger partial charge in [0.05, 0.1) is 6.61 Å². The Bertz CT molecular complexity index is 1170. The fourth-order valence-corrected chi connectivity index (χ4v) is 10.4. The average molecular weight is 1040 g/mol. The zero-order valence-corrected chi connectivity index (χ0v) is 50.1. The molecule has 0 aromatic carbocycles. The molecule has 0 fully saturated rings. The first kappa shape index (κ1) is 72.1. The van der Waals surface area contributed by atoms with E-state index in [0.29, 0.717) is 12.8 Å². The lowest BCUT2D eigenvalue weighted by atomic mass is 10.0. The van der Waals surface area contributed by atoms with Gasteiger partial charge in [-0.3, -0.25) is 9.59 Å². The molecule has 74 heavy (non-hydrogen) atoms. The van der Waals surface area contributed by atoms with Crippen LogP contribution < -0.4 is 0 Å². The lowest BCUT2D eigenvalue weighted by Crippen LogP contribution is -2.28. The van der Waals surface area contributed by atoms with Crippen molar-refractivity contribution in [1.82, 2.24) is 0 Å². The van der Waals surface area contributed by atoms with Crippen molar-refractivity contribution in [2.24, 2.45) is 0 Å². The second-order valence-electron chi connectivity index (χ2n) is 22.9. The largest absolute Gasteiger partial charge is 0.462 e. The molecule has 1 atom stereocenters. The predicted molar refractivity (Wildman–Crippen MR) is 325 cm³/mol. The van der Waals surface area contributed by atoms with Gasteiger partial charge in [0.2, 0.25) is 0 Å². The fourth-order valence-electron chi connectivity index (χ4n) is 10.4. The van der Waals surface area contributed by atoms with Crippen molar-refractivity contribution in [3.8, 4) is 0 Å². The molecule has 0 aromatic heterocycles. The lowest BCUT2D eigenvalue weighted by molar-refractivity contribution is -0.161. The van der Waals surface area contributed by atoms with E-state index in [9.17, 15) is 14.7 Å². The summed E-state index contributed by atoms with van der Waals surface area (Å²) in [4.78, 5) is 24.6. The number of aliphatic hydroxyl groups excluding tert-OH is 1. The molecule has 0 radical (unpaired) electrons. The summed E-state index contributed by atoms with van der Waals surface area (Å²) >= 11 is 0. The van der Waals surface area contributed by atoms with Gasteiger partial charge in [-0.15, -0.1) is 0 Å². The molecule has 5 nitrogen and oxygen atoms in total. The molecule has 436 valence electrons. The number of rotatable bonds is 63. The minimum atomic E-state index is -0.770. The zero-order valence-electron chi connectivity index (χ0n) is 50.1. The molecule has 0 amide bonds. The molecule has 0 aromatic rings. The summed E-state index contributed by atoms with van der Waals surface area (Å²) in [6, 6.07) is 0. The van der Waals surface area contributed by atoms with Crippen LogP contribution >= 0.6 is 0 Å². The molecule has 0 bridgehead atoms. The molecule has 0 saturated carbocycles. The standard InChI is InChI=1S/C69H130O5/c1-3-5-7-9-11-13-15-17-19-21-23-25-27-28-29-30-31-32-33-34-35-36-37-38-39-40-42-44-46-48-50-52-54-56-58-60-62-64-69(72)74-67(65-70)66-73-68(71)63-61-59-57-55-53-51-49-47-45-43-41-26-24-22-20-18-16-14-12-10-8-6-4-2/h15,17,21-24,67,70H,3-14,16,18-20,25-66H2,1-2H3/b17-15-,23-21-,24-22-. The van der Waals surface area contributed by atoms with E-state index in [1.807, 2.05) is 0 Å². The fraction of sp³-hybridized carbons (Fsp3) is 0.884. The monoisotopic (exact) mass is 1040 g/mol. The minimum Gasteiger partial charge on any atom is -0.462 e. The number of carbonyl (C=O) groups is 2. The van der Waals surface area contributed by atoms with Crippen LogP contribution in [-0.2, 0) is 19.1 Å². The van der Waals surface area contributed by atoms with Crippen LogP contribution in [0.1, 0.15) is 373 Å². The minimum absolute atomic E-state index is 0.0604.